The first-order chi connectivity index (χ1) is 9.27. The summed E-state index contributed by atoms with van der Waals surface area (Å²) in [5.41, 5.74) is 1.19. The fourth-order valence-corrected chi connectivity index (χ4v) is 1.60. The highest BCUT2D eigenvalue weighted by molar-refractivity contribution is 5.36. The van der Waals surface area contributed by atoms with Crippen LogP contribution in [0.4, 0.5) is 4.39 Å². The van der Waals surface area contributed by atoms with Crippen molar-refractivity contribution in [2.75, 3.05) is 13.2 Å². The number of ether oxygens (including phenoxy) is 1. The van der Waals surface area contributed by atoms with Crippen LogP contribution in [0.1, 0.15) is 43.7 Å². The van der Waals surface area contributed by atoms with E-state index in [1.54, 1.807) is 12.1 Å². The highest BCUT2D eigenvalue weighted by atomic mass is 19.1. The van der Waals surface area contributed by atoms with Gasteiger partial charge in [-0.2, -0.15) is 0 Å². The minimum Gasteiger partial charge on any atom is -0.395 e. The summed E-state index contributed by atoms with van der Waals surface area (Å²) < 4.78 is 19.2. The van der Waals surface area contributed by atoms with Crippen molar-refractivity contribution in [1.82, 2.24) is 0 Å². The molecule has 0 aliphatic carbocycles. The van der Waals surface area contributed by atoms with Crippen molar-refractivity contribution in [1.29, 1.82) is 0 Å². The number of halogens is 1. The van der Waals surface area contributed by atoms with Gasteiger partial charge in [0.05, 0.1) is 13.2 Å². The van der Waals surface area contributed by atoms with Crippen LogP contribution in [0.5, 0.6) is 0 Å². The molecule has 0 spiro atoms. The van der Waals surface area contributed by atoms with E-state index in [1.165, 1.54) is 6.07 Å². The summed E-state index contributed by atoms with van der Waals surface area (Å²) in [6, 6.07) is 4.89. The molecular weight excluding hydrogens is 243 g/mol. The van der Waals surface area contributed by atoms with Crippen LogP contribution < -0.4 is 0 Å². The van der Waals surface area contributed by atoms with E-state index in [2.05, 4.69) is 18.8 Å². The summed E-state index contributed by atoms with van der Waals surface area (Å²) in [5.74, 6) is 5.29. The molecule has 19 heavy (non-hydrogen) atoms. The van der Waals surface area contributed by atoms with Gasteiger partial charge in [0, 0.05) is 24.2 Å². The molecule has 1 aromatic carbocycles. The third kappa shape index (κ3) is 6.37. The molecule has 0 fully saturated rings. The van der Waals surface area contributed by atoms with Crippen molar-refractivity contribution in [2.45, 2.75) is 39.2 Å². The molecule has 1 N–H and O–H groups in total. The van der Waals surface area contributed by atoms with E-state index in [-0.39, 0.29) is 12.4 Å². The second-order valence-corrected chi connectivity index (χ2v) is 4.34. The van der Waals surface area contributed by atoms with Gasteiger partial charge in [0.2, 0.25) is 0 Å². The van der Waals surface area contributed by atoms with E-state index in [1.807, 2.05) is 0 Å². The molecule has 1 rings (SSSR count). The van der Waals surface area contributed by atoms with Crippen LogP contribution in [0.25, 0.3) is 0 Å². The van der Waals surface area contributed by atoms with Crippen molar-refractivity contribution in [3.63, 3.8) is 0 Å². The van der Waals surface area contributed by atoms with Gasteiger partial charge in [0.15, 0.2) is 0 Å². The average Bonchev–Trinajstić information content (AvgIpc) is 2.41. The van der Waals surface area contributed by atoms with Crippen molar-refractivity contribution in [3.8, 4) is 11.8 Å². The molecule has 0 aromatic heterocycles. The van der Waals surface area contributed by atoms with Crippen molar-refractivity contribution in [2.24, 2.45) is 0 Å². The van der Waals surface area contributed by atoms with Crippen LogP contribution in [-0.4, -0.2) is 18.3 Å². The Morgan fingerprint density at radius 2 is 2.16 bits per heavy atom. The molecule has 0 atom stereocenters. The first-order valence-electron chi connectivity index (χ1n) is 6.73. The van der Waals surface area contributed by atoms with Crippen LogP contribution >= 0.6 is 0 Å². The fraction of sp³-hybridized carbons (Fsp3) is 0.500. The minimum atomic E-state index is -0.286. The number of aliphatic hydroxyl groups excluding tert-OH is 1. The zero-order valence-electron chi connectivity index (χ0n) is 11.4. The molecular formula is C16H21FO2. The molecule has 0 saturated heterocycles. The van der Waals surface area contributed by atoms with Crippen LogP contribution in [0, 0.1) is 17.7 Å². The Balaban J connectivity index is 2.46. The second-order valence-electron chi connectivity index (χ2n) is 4.34. The number of unbranched alkanes of at least 4 members (excludes halogenated alkanes) is 2. The van der Waals surface area contributed by atoms with Crippen LogP contribution in [0.2, 0.25) is 0 Å². The van der Waals surface area contributed by atoms with Crippen LogP contribution in [-0.2, 0) is 11.3 Å². The number of hydrogen-bond donors (Lipinski definition) is 1. The third-order valence-corrected chi connectivity index (χ3v) is 2.67. The van der Waals surface area contributed by atoms with E-state index in [0.29, 0.717) is 30.8 Å². The highest BCUT2D eigenvalue weighted by Crippen LogP contribution is 2.11. The summed E-state index contributed by atoms with van der Waals surface area (Å²) in [6.07, 6.45) is 3.72. The molecule has 0 radical (unpaired) electrons. The predicted molar refractivity (Wildman–Crippen MR) is 74.2 cm³/mol. The minimum absolute atomic E-state index is 0.0270. The molecule has 1 aromatic rings. The Labute approximate surface area is 114 Å². The van der Waals surface area contributed by atoms with Crippen molar-refractivity contribution in [3.05, 3.63) is 35.1 Å². The summed E-state index contributed by atoms with van der Waals surface area (Å²) in [7, 11) is 0. The largest absolute Gasteiger partial charge is 0.395 e. The lowest BCUT2D eigenvalue weighted by molar-refractivity contribution is 0.115. The molecule has 2 nitrogen and oxygen atoms in total. The van der Waals surface area contributed by atoms with Gasteiger partial charge in [-0.05, 0) is 18.6 Å². The number of hydrogen-bond acceptors (Lipinski definition) is 2. The summed E-state index contributed by atoms with van der Waals surface area (Å²) >= 11 is 0. The van der Waals surface area contributed by atoms with E-state index in [4.69, 9.17) is 9.84 Å². The van der Waals surface area contributed by atoms with Gasteiger partial charge in [-0.1, -0.05) is 37.7 Å². The maximum atomic E-state index is 13.7. The smallest absolute Gasteiger partial charge is 0.129 e. The monoisotopic (exact) mass is 264 g/mol. The summed E-state index contributed by atoms with van der Waals surface area (Å²) in [4.78, 5) is 0. The van der Waals surface area contributed by atoms with E-state index < -0.39 is 0 Å². The lowest BCUT2D eigenvalue weighted by Gasteiger charge is -2.05. The SMILES string of the molecule is CCCCCOCc1ccc(C#CCCO)cc1F. The van der Waals surface area contributed by atoms with Gasteiger partial charge < -0.3 is 9.84 Å². The van der Waals surface area contributed by atoms with Gasteiger partial charge in [0.25, 0.3) is 0 Å². The third-order valence-electron chi connectivity index (χ3n) is 2.67. The molecule has 0 unspecified atom stereocenters. The number of benzene rings is 1. The Morgan fingerprint density at radius 3 is 2.84 bits per heavy atom. The van der Waals surface area contributed by atoms with Gasteiger partial charge in [-0.3, -0.25) is 0 Å². The van der Waals surface area contributed by atoms with Crippen LogP contribution in [0.15, 0.2) is 18.2 Å². The zero-order chi connectivity index (χ0) is 13.9. The maximum absolute atomic E-state index is 13.7. The molecule has 0 amide bonds. The molecule has 0 saturated carbocycles. The van der Waals surface area contributed by atoms with Gasteiger partial charge in [0.1, 0.15) is 5.82 Å². The molecule has 0 bridgehead atoms. The molecule has 3 heteroatoms. The van der Waals surface area contributed by atoms with Crippen molar-refractivity contribution < 1.29 is 14.2 Å². The van der Waals surface area contributed by atoms with Gasteiger partial charge in [-0.25, -0.2) is 4.39 Å². The highest BCUT2D eigenvalue weighted by Gasteiger charge is 2.02. The average molecular weight is 264 g/mol. The van der Waals surface area contributed by atoms with E-state index >= 15 is 0 Å². The Bertz CT molecular complexity index is 432. The number of rotatable bonds is 7. The summed E-state index contributed by atoms with van der Waals surface area (Å²) in [6.45, 7) is 3.14. The lowest BCUT2D eigenvalue weighted by Crippen LogP contribution is -1.98. The predicted octanol–water partition coefficient (Wildman–Crippen LogP) is 3.27. The van der Waals surface area contributed by atoms with E-state index in [9.17, 15) is 4.39 Å². The van der Waals surface area contributed by atoms with Gasteiger partial charge >= 0.3 is 0 Å². The number of aliphatic hydroxyl groups is 1. The van der Waals surface area contributed by atoms with Gasteiger partial charge in [-0.15, -0.1) is 0 Å². The molecule has 0 heterocycles. The van der Waals surface area contributed by atoms with Crippen LogP contribution in [0.3, 0.4) is 0 Å². The fourth-order valence-electron chi connectivity index (χ4n) is 1.60. The maximum Gasteiger partial charge on any atom is 0.129 e. The first kappa shape index (κ1) is 15.7. The van der Waals surface area contributed by atoms with E-state index in [0.717, 1.165) is 19.3 Å². The first-order valence-corrected chi connectivity index (χ1v) is 6.73. The Kier molecular flexibility index (Phi) is 7.88. The molecule has 104 valence electrons. The summed E-state index contributed by atoms with van der Waals surface area (Å²) in [5, 5.41) is 8.61. The molecule has 0 aliphatic heterocycles. The normalized spacial score (nSPS) is 10.1. The second kappa shape index (κ2) is 9.55. The quantitative estimate of drug-likeness (QED) is 0.605. The molecule has 0 aliphatic rings. The van der Waals surface area contributed by atoms with Crippen molar-refractivity contribution >= 4 is 0 Å². The Hall–Kier alpha value is -1.37. The zero-order valence-corrected chi connectivity index (χ0v) is 11.4. The topological polar surface area (TPSA) is 29.5 Å². The lowest BCUT2D eigenvalue weighted by atomic mass is 10.1. The Morgan fingerprint density at radius 1 is 1.32 bits per heavy atom. The standard InChI is InChI=1S/C16H21FO2/c1-2-3-6-11-19-13-15-9-8-14(12-16(15)17)7-4-5-10-18/h8-9,12,18H,2-3,5-6,10-11,13H2,1H3.